The van der Waals surface area contributed by atoms with Gasteiger partial charge in [0, 0.05) is 49.1 Å². The third-order valence-corrected chi connectivity index (χ3v) is 9.49. The molecule has 0 atom stereocenters. The molecule has 0 aromatic heterocycles. The molecule has 1 aliphatic heterocycles. The highest BCUT2D eigenvalue weighted by atomic mass is 79.9. The van der Waals surface area contributed by atoms with E-state index >= 15 is 4.79 Å². The molecule has 4 aliphatic rings. The molecular formula is C36H18BrNO3. The highest BCUT2D eigenvalue weighted by molar-refractivity contribution is 9.10. The average Bonchev–Trinajstić information content (AvgIpc) is 3.57. The molecular weight excluding hydrogens is 574 g/mol. The number of Topliss-reactive ketones (excluding diaryl/α,β-unsaturated/α-hetero) is 3. The van der Waals surface area contributed by atoms with Crippen LogP contribution in [0, 0.1) is 0 Å². The molecule has 192 valence electrons. The molecule has 1 heterocycles. The van der Waals surface area contributed by atoms with E-state index in [1.807, 2.05) is 114 Å². The van der Waals surface area contributed by atoms with Gasteiger partial charge in [-0.2, -0.15) is 0 Å². The summed E-state index contributed by atoms with van der Waals surface area (Å²) in [5, 5.41) is 1.72. The largest absolute Gasteiger partial charge is 0.308 e. The lowest BCUT2D eigenvalue weighted by atomic mass is 9.64. The number of allylic oxidation sites excluding steroid dienone is 2. The van der Waals surface area contributed by atoms with Crippen LogP contribution in [-0.4, -0.2) is 17.3 Å². The van der Waals surface area contributed by atoms with Crippen molar-refractivity contribution in [3.8, 4) is 0 Å². The van der Waals surface area contributed by atoms with E-state index < -0.39 is 5.41 Å². The Morgan fingerprint density at radius 2 is 1.05 bits per heavy atom. The van der Waals surface area contributed by atoms with Crippen molar-refractivity contribution in [1.29, 1.82) is 0 Å². The van der Waals surface area contributed by atoms with Gasteiger partial charge in [-0.25, -0.2) is 0 Å². The second-order valence-electron chi connectivity index (χ2n) is 10.8. The predicted molar refractivity (Wildman–Crippen MR) is 162 cm³/mol. The summed E-state index contributed by atoms with van der Waals surface area (Å²) in [4.78, 5) is 46.3. The molecule has 0 saturated carbocycles. The number of anilines is 1. The fraction of sp³-hybridized carbons (Fsp3) is 0.0278. The van der Waals surface area contributed by atoms with Gasteiger partial charge in [-0.05, 0) is 40.6 Å². The number of benzene rings is 5. The van der Waals surface area contributed by atoms with Crippen LogP contribution in [0.3, 0.4) is 0 Å². The maximum absolute atomic E-state index is 15.0. The second-order valence-corrected chi connectivity index (χ2v) is 11.7. The summed E-state index contributed by atoms with van der Waals surface area (Å²) >= 11 is 3.55. The minimum Gasteiger partial charge on any atom is -0.308 e. The maximum Gasteiger partial charge on any atom is 0.193 e. The molecule has 5 heteroatoms. The van der Waals surface area contributed by atoms with Crippen LogP contribution in [0.25, 0.3) is 22.2 Å². The molecule has 9 rings (SSSR count). The number of carbonyl (C=O) groups is 3. The molecule has 0 saturated heterocycles. The van der Waals surface area contributed by atoms with Crippen LogP contribution in [0.4, 0.5) is 5.69 Å². The highest BCUT2D eigenvalue weighted by Gasteiger charge is 2.64. The van der Waals surface area contributed by atoms with E-state index in [4.69, 9.17) is 0 Å². The smallest absolute Gasteiger partial charge is 0.193 e. The van der Waals surface area contributed by atoms with Crippen LogP contribution in [0.15, 0.2) is 125 Å². The Hall–Kier alpha value is -4.87. The number of halogens is 1. The first kappa shape index (κ1) is 22.9. The molecule has 41 heavy (non-hydrogen) atoms. The van der Waals surface area contributed by atoms with Crippen molar-refractivity contribution < 1.29 is 14.4 Å². The van der Waals surface area contributed by atoms with Crippen molar-refractivity contribution in [2.45, 2.75) is 5.41 Å². The number of ketones is 3. The minimum absolute atomic E-state index is 0.217. The Morgan fingerprint density at radius 3 is 1.63 bits per heavy atom. The molecule has 3 aliphatic carbocycles. The van der Waals surface area contributed by atoms with E-state index in [0.717, 1.165) is 32.1 Å². The van der Waals surface area contributed by atoms with Gasteiger partial charge in [0.2, 0.25) is 0 Å². The fourth-order valence-corrected chi connectivity index (χ4v) is 7.70. The Bertz CT molecular complexity index is 2080. The zero-order valence-electron chi connectivity index (χ0n) is 21.4. The fourth-order valence-electron chi connectivity index (χ4n) is 7.44. The number of hydrogen-bond acceptors (Lipinski definition) is 4. The number of carbonyl (C=O) groups excluding carboxylic acids is 3. The van der Waals surface area contributed by atoms with Crippen molar-refractivity contribution in [2.24, 2.45) is 0 Å². The first-order valence-corrected chi connectivity index (χ1v) is 14.2. The van der Waals surface area contributed by atoms with Gasteiger partial charge in [0.05, 0.1) is 11.4 Å². The number of fused-ring (bicyclic) bond motifs is 7. The SMILES string of the molecule is O=C1C2=C(c3ccccc31)N(c1ccc(Br)cc1)C1=C(C(=O)c3ccccc31)C21C(=O)c2cccc3cccc1c23. The van der Waals surface area contributed by atoms with Gasteiger partial charge in [-0.3, -0.25) is 14.4 Å². The van der Waals surface area contributed by atoms with Crippen LogP contribution in [0.5, 0.6) is 0 Å². The molecule has 1 spiro atoms. The first-order chi connectivity index (χ1) is 20.0. The third-order valence-electron chi connectivity index (χ3n) is 8.96. The van der Waals surface area contributed by atoms with Crippen molar-refractivity contribution in [1.82, 2.24) is 0 Å². The molecule has 4 nitrogen and oxygen atoms in total. The number of rotatable bonds is 1. The number of hydrogen-bond donors (Lipinski definition) is 0. The van der Waals surface area contributed by atoms with E-state index in [-0.39, 0.29) is 17.3 Å². The summed E-state index contributed by atoms with van der Waals surface area (Å²) in [5.74, 6) is -0.653. The summed E-state index contributed by atoms with van der Waals surface area (Å²) in [7, 11) is 0. The quantitative estimate of drug-likeness (QED) is 0.200. The maximum atomic E-state index is 15.0. The van der Waals surface area contributed by atoms with E-state index in [9.17, 15) is 9.59 Å². The van der Waals surface area contributed by atoms with Crippen LogP contribution >= 0.6 is 15.9 Å². The third kappa shape index (κ3) is 2.54. The van der Waals surface area contributed by atoms with Crippen LogP contribution in [0.2, 0.25) is 0 Å². The molecule has 0 unspecified atom stereocenters. The van der Waals surface area contributed by atoms with Crippen LogP contribution in [-0.2, 0) is 5.41 Å². The molecule has 0 radical (unpaired) electrons. The van der Waals surface area contributed by atoms with E-state index in [0.29, 0.717) is 44.8 Å². The van der Waals surface area contributed by atoms with Crippen LogP contribution in [0.1, 0.15) is 47.8 Å². The Labute approximate surface area is 243 Å². The van der Waals surface area contributed by atoms with E-state index in [1.54, 1.807) is 0 Å². The summed E-state index contributed by atoms with van der Waals surface area (Å²) in [6.45, 7) is 0. The van der Waals surface area contributed by atoms with Crippen molar-refractivity contribution in [3.63, 3.8) is 0 Å². The second kappa shape index (κ2) is 7.65. The predicted octanol–water partition coefficient (Wildman–Crippen LogP) is 7.77. The van der Waals surface area contributed by atoms with Crippen molar-refractivity contribution in [3.05, 3.63) is 158 Å². The Kier molecular flexibility index (Phi) is 4.27. The molecule has 5 aromatic rings. The minimum atomic E-state index is -1.56. The normalized spacial score (nSPS) is 17.5. The van der Waals surface area contributed by atoms with Crippen molar-refractivity contribution >= 4 is 61.1 Å². The molecule has 0 fully saturated rings. The first-order valence-electron chi connectivity index (χ1n) is 13.4. The Morgan fingerprint density at radius 1 is 0.537 bits per heavy atom. The topological polar surface area (TPSA) is 54.5 Å². The average molecular weight is 592 g/mol. The van der Waals surface area contributed by atoms with E-state index in [1.165, 1.54) is 0 Å². The summed E-state index contributed by atoms with van der Waals surface area (Å²) in [5.41, 5.74) is 5.12. The van der Waals surface area contributed by atoms with Gasteiger partial charge in [0.15, 0.2) is 17.3 Å². The zero-order valence-corrected chi connectivity index (χ0v) is 23.0. The molecule has 0 N–H and O–H groups in total. The molecule has 0 amide bonds. The van der Waals surface area contributed by atoms with Gasteiger partial charge in [-0.1, -0.05) is 101 Å². The van der Waals surface area contributed by atoms with Gasteiger partial charge >= 0.3 is 0 Å². The van der Waals surface area contributed by atoms with Gasteiger partial charge in [-0.15, -0.1) is 0 Å². The summed E-state index contributed by atoms with van der Waals surface area (Å²) < 4.78 is 0.914. The highest BCUT2D eigenvalue weighted by Crippen LogP contribution is 2.63. The standard InChI is InChI=1S/C36H18BrNO3/c37-20-15-17-21(18-16-20)38-31-22-9-1-3-11-24(22)33(39)29(31)36(30-32(38)23-10-2-4-12-25(23)34(30)40)27-14-6-8-19-7-5-13-26(28(19)27)35(36)41/h1-18H. The molecule has 0 bridgehead atoms. The summed E-state index contributed by atoms with van der Waals surface area (Å²) in [6.07, 6.45) is 0. The lowest BCUT2D eigenvalue weighted by molar-refractivity contribution is 0.0886. The van der Waals surface area contributed by atoms with Crippen molar-refractivity contribution in [2.75, 3.05) is 4.90 Å². The number of nitrogens with zero attached hydrogens (tertiary/aromatic N) is 1. The van der Waals surface area contributed by atoms with Gasteiger partial charge < -0.3 is 4.90 Å². The van der Waals surface area contributed by atoms with Crippen LogP contribution < -0.4 is 4.90 Å². The molecule has 5 aromatic carbocycles. The monoisotopic (exact) mass is 591 g/mol. The van der Waals surface area contributed by atoms with E-state index in [2.05, 4.69) is 15.9 Å². The summed E-state index contributed by atoms with van der Waals surface area (Å²) in [6, 6.07) is 34.4. The zero-order chi connectivity index (χ0) is 27.6. The van der Waals surface area contributed by atoms with Gasteiger partial charge in [0.25, 0.3) is 0 Å². The lowest BCUT2D eigenvalue weighted by Crippen LogP contribution is -2.46. The van der Waals surface area contributed by atoms with Gasteiger partial charge in [0.1, 0.15) is 5.41 Å². The lowest BCUT2D eigenvalue weighted by Gasteiger charge is -2.41. The Balaban J connectivity index is 1.51.